The van der Waals surface area contributed by atoms with Crippen LogP contribution in [-0.2, 0) is 6.54 Å². The molecule has 0 saturated heterocycles. The predicted molar refractivity (Wildman–Crippen MR) is 67.4 cm³/mol. The minimum Gasteiger partial charge on any atom is -0.409 e. The Labute approximate surface area is 105 Å². The van der Waals surface area contributed by atoms with Crippen LogP contribution in [0.25, 0.3) is 0 Å². The highest BCUT2D eigenvalue weighted by molar-refractivity contribution is 6.31. The van der Waals surface area contributed by atoms with Crippen molar-refractivity contribution in [2.24, 2.45) is 10.9 Å². The van der Waals surface area contributed by atoms with Crippen molar-refractivity contribution in [2.75, 3.05) is 6.54 Å². The molecule has 0 heterocycles. The van der Waals surface area contributed by atoms with Gasteiger partial charge in [0, 0.05) is 23.7 Å². The van der Waals surface area contributed by atoms with Crippen molar-refractivity contribution in [1.82, 2.24) is 5.32 Å². The Morgan fingerprint density at radius 2 is 2.29 bits per heavy atom. The highest BCUT2D eigenvalue weighted by atomic mass is 35.5. The molecule has 0 aliphatic carbocycles. The average Bonchev–Trinajstić information content (AvgIpc) is 2.29. The maximum absolute atomic E-state index is 9.09. The molecule has 0 bridgehead atoms. The second-order valence-corrected chi connectivity index (χ2v) is 4.18. The summed E-state index contributed by atoms with van der Waals surface area (Å²) in [7, 11) is 0. The van der Waals surface area contributed by atoms with Gasteiger partial charge in [-0.05, 0) is 18.6 Å². The summed E-state index contributed by atoms with van der Waals surface area (Å²) in [4.78, 5) is 0. The Balaban J connectivity index is 2.70. The van der Waals surface area contributed by atoms with Crippen LogP contribution >= 0.6 is 11.6 Å². The first-order chi connectivity index (χ1) is 8.04. The lowest BCUT2D eigenvalue weighted by Gasteiger charge is -2.09. The van der Waals surface area contributed by atoms with Crippen molar-refractivity contribution in [2.45, 2.75) is 19.6 Å². The van der Waals surface area contributed by atoms with E-state index in [2.05, 4.69) is 10.5 Å². The Morgan fingerprint density at radius 3 is 2.82 bits per heavy atom. The van der Waals surface area contributed by atoms with Gasteiger partial charge >= 0.3 is 0 Å². The Hall–Kier alpha value is -1.30. The number of oxime groups is 1. The molecule has 0 spiro atoms. The number of nitrogens with zero attached hydrogens (tertiary/aromatic N) is 1. The fourth-order valence-corrected chi connectivity index (χ4v) is 1.57. The van der Waals surface area contributed by atoms with Crippen molar-refractivity contribution in [3.63, 3.8) is 0 Å². The molecule has 6 heteroatoms. The zero-order valence-electron chi connectivity index (χ0n) is 9.52. The Bertz CT molecular complexity index is 408. The van der Waals surface area contributed by atoms with Gasteiger partial charge in [0.2, 0.25) is 0 Å². The van der Waals surface area contributed by atoms with Gasteiger partial charge < -0.3 is 21.4 Å². The highest BCUT2D eigenvalue weighted by Gasteiger charge is 2.05. The van der Waals surface area contributed by atoms with Crippen molar-refractivity contribution in [3.8, 4) is 0 Å². The van der Waals surface area contributed by atoms with E-state index in [1.54, 1.807) is 25.1 Å². The average molecular weight is 258 g/mol. The van der Waals surface area contributed by atoms with Crippen molar-refractivity contribution < 1.29 is 10.3 Å². The quantitative estimate of drug-likeness (QED) is 0.273. The topological polar surface area (TPSA) is 90.9 Å². The number of aliphatic hydroxyl groups is 1. The minimum atomic E-state index is -0.398. The molecule has 5 nitrogen and oxygen atoms in total. The second kappa shape index (κ2) is 6.44. The van der Waals surface area contributed by atoms with Gasteiger partial charge in [-0.25, -0.2) is 0 Å². The van der Waals surface area contributed by atoms with E-state index in [0.717, 1.165) is 5.56 Å². The van der Waals surface area contributed by atoms with E-state index in [1.807, 2.05) is 0 Å². The smallest absolute Gasteiger partial charge is 0.170 e. The van der Waals surface area contributed by atoms with Crippen LogP contribution < -0.4 is 11.1 Å². The largest absolute Gasteiger partial charge is 0.409 e. The van der Waals surface area contributed by atoms with Crippen molar-refractivity contribution in [1.29, 1.82) is 0 Å². The van der Waals surface area contributed by atoms with Gasteiger partial charge in [-0.3, -0.25) is 0 Å². The first-order valence-electron chi connectivity index (χ1n) is 5.19. The number of nitrogens with two attached hydrogens (primary N) is 1. The van der Waals surface area contributed by atoms with Crippen molar-refractivity contribution in [3.05, 3.63) is 34.3 Å². The van der Waals surface area contributed by atoms with Gasteiger partial charge in [0.1, 0.15) is 0 Å². The number of hydrogen-bond acceptors (Lipinski definition) is 4. The monoisotopic (exact) mass is 257 g/mol. The SMILES string of the molecule is CC(O)CNCc1ccc(/C(N)=N/O)cc1Cl. The van der Waals surface area contributed by atoms with E-state index in [-0.39, 0.29) is 5.84 Å². The molecule has 94 valence electrons. The van der Waals surface area contributed by atoms with Crippen LogP contribution in [0.1, 0.15) is 18.1 Å². The number of amidine groups is 1. The van der Waals surface area contributed by atoms with Crippen LogP contribution in [0, 0.1) is 0 Å². The van der Waals surface area contributed by atoms with Crippen molar-refractivity contribution >= 4 is 17.4 Å². The number of halogens is 1. The molecule has 0 radical (unpaired) electrons. The van der Waals surface area contributed by atoms with E-state index >= 15 is 0 Å². The molecular weight excluding hydrogens is 242 g/mol. The molecule has 5 N–H and O–H groups in total. The third-order valence-corrected chi connectivity index (χ3v) is 2.56. The summed E-state index contributed by atoms with van der Waals surface area (Å²) < 4.78 is 0. The number of nitrogens with one attached hydrogen (secondary N) is 1. The second-order valence-electron chi connectivity index (χ2n) is 3.77. The molecule has 0 aromatic heterocycles. The Kier molecular flexibility index (Phi) is 5.21. The summed E-state index contributed by atoms with van der Waals surface area (Å²) in [6.07, 6.45) is -0.398. The van der Waals surface area contributed by atoms with Crippen LogP contribution in [0.3, 0.4) is 0 Å². The lowest BCUT2D eigenvalue weighted by atomic mass is 10.1. The third-order valence-electron chi connectivity index (χ3n) is 2.21. The molecule has 1 atom stereocenters. The molecule has 0 aliphatic heterocycles. The lowest BCUT2D eigenvalue weighted by Crippen LogP contribution is -2.24. The molecule has 1 rings (SSSR count). The Morgan fingerprint density at radius 1 is 1.59 bits per heavy atom. The van der Waals surface area contributed by atoms with Gasteiger partial charge in [-0.2, -0.15) is 0 Å². The minimum absolute atomic E-state index is 0.0235. The lowest BCUT2D eigenvalue weighted by molar-refractivity contribution is 0.191. The molecule has 0 saturated carbocycles. The first-order valence-corrected chi connectivity index (χ1v) is 5.57. The fraction of sp³-hybridized carbons (Fsp3) is 0.364. The van der Waals surface area contributed by atoms with Gasteiger partial charge in [-0.1, -0.05) is 28.9 Å². The third kappa shape index (κ3) is 4.22. The van der Waals surface area contributed by atoms with E-state index < -0.39 is 6.10 Å². The van der Waals surface area contributed by atoms with Crippen LogP contribution in [0.5, 0.6) is 0 Å². The number of aliphatic hydroxyl groups excluding tert-OH is 1. The molecule has 0 fully saturated rings. The molecule has 0 aliphatic rings. The molecular formula is C11H16ClN3O2. The summed E-state index contributed by atoms with van der Waals surface area (Å²) in [6, 6.07) is 5.15. The molecule has 17 heavy (non-hydrogen) atoms. The standard InChI is InChI=1S/C11H16ClN3O2/c1-7(16)5-14-6-9-3-2-8(4-10(9)12)11(13)15-17/h2-4,7,14,16-17H,5-6H2,1H3,(H2,13,15). The van der Waals surface area contributed by atoms with E-state index in [0.29, 0.717) is 23.7 Å². The van der Waals surface area contributed by atoms with Gasteiger partial charge in [0.25, 0.3) is 0 Å². The summed E-state index contributed by atoms with van der Waals surface area (Å²) >= 11 is 6.05. The zero-order valence-corrected chi connectivity index (χ0v) is 10.3. The maximum Gasteiger partial charge on any atom is 0.170 e. The molecule has 0 amide bonds. The van der Waals surface area contributed by atoms with Crippen LogP contribution in [0.2, 0.25) is 5.02 Å². The van der Waals surface area contributed by atoms with E-state index in [4.69, 9.17) is 27.6 Å². The van der Waals surface area contributed by atoms with Crippen LogP contribution in [0.15, 0.2) is 23.4 Å². The van der Waals surface area contributed by atoms with Crippen LogP contribution in [0.4, 0.5) is 0 Å². The van der Waals surface area contributed by atoms with E-state index in [1.165, 1.54) is 0 Å². The maximum atomic E-state index is 9.09. The van der Waals surface area contributed by atoms with Crippen LogP contribution in [-0.4, -0.2) is 28.8 Å². The number of rotatable bonds is 5. The van der Waals surface area contributed by atoms with E-state index in [9.17, 15) is 0 Å². The molecule has 1 unspecified atom stereocenters. The van der Waals surface area contributed by atoms with Gasteiger partial charge in [0.15, 0.2) is 5.84 Å². The number of benzene rings is 1. The first kappa shape index (κ1) is 13.8. The highest BCUT2D eigenvalue weighted by Crippen LogP contribution is 2.17. The normalized spacial score (nSPS) is 13.7. The predicted octanol–water partition coefficient (Wildman–Crippen LogP) is 0.905. The number of hydrogen-bond donors (Lipinski definition) is 4. The fourth-order valence-electron chi connectivity index (χ4n) is 1.32. The molecule has 1 aromatic rings. The summed E-state index contributed by atoms with van der Waals surface area (Å²) in [5, 5.41) is 24.1. The molecule has 1 aromatic carbocycles. The van der Waals surface area contributed by atoms with Gasteiger partial charge in [-0.15, -0.1) is 0 Å². The van der Waals surface area contributed by atoms with Gasteiger partial charge in [0.05, 0.1) is 6.10 Å². The summed E-state index contributed by atoms with van der Waals surface area (Å²) in [6.45, 7) is 2.76. The summed E-state index contributed by atoms with van der Waals surface area (Å²) in [5.74, 6) is 0.0235. The zero-order chi connectivity index (χ0) is 12.8. The summed E-state index contributed by atoms with van der Waals surface area (Å²) in [5.41, 5.74) is 6.90.